The number of aryl methyl sites for hydroxylation is 2. The number of nitrogens with one attached hydrogen (secondary N) is 1. The van der Waals surface area contributed by atoms with Crippen LogP contribution in [0.4, 0.5) is 18.9 Å². The molecule has 0 spiro atoms. The molecule has 5 nitrogen and oxygen atoms in total. The molecule has 1 amide bonds. The quantitative estimate of drug-likeness (QED) is 0.273. The van der Waals surface area contributed by atoms with Gasteiger partial charge in [0.05, 0.1) is 29.2 Å². The molecule has 9 heteroatoms. The first-order valence-electron chi connectivity index (χ1n) is 11.5. The number of alkyl halides is 3. The van der Waals surface area contributed by atoms with Crippen molar-refractivity contribution in [3.05, 3.63) is 111 Å². The van der Waals surface area contributed by atoms with E-state index in [0.717, 1.165) is 23.3 Å². The summed E-state index contributed by atoms with van der Waals surface area (Å²) in [7, 11) is 0. The van der Waals surface area contributed by atoms with Gasteiger partial charge >= 0.3 is 6.18 Å². The van der Waals surface area contributed by atoms with E-state index in [9.17, 15) is 18.0 Å². The van der Waals surface area contributed by atoms with Crippen LogP contribution in [0.3, 0.4) is 0 Å². The van der Waals surface area contributed by atoms with Gasteiger partial charge in [0, 0.05) is 10.6 Å². The number of anilines is 1. The van der Waals surface area contributed by atoms with Crippen LogP contribution in [0.1, 0.15) is 44.0 Å². The number of carbonyl (C=O) groups is 1. The minimum Gasteiger partial charge on any atom is -0.489 e. The molecule has 0 aliphatic rings. The molecule has 1 aromatic heterocycles. The molecule has 4 aromatic rings. The second kappa shape index (κ2) is 10.7. The predicted molar refractivity (Wildman–Crippen MR) is 137 cm³/mol. The summed E-state index contributed by atoms with van der Waals surface area (Å²) in [5, 5.41) is 7.96. The number of amides is 1. The number of hydrogen-bond acceptors (Lipinski definition) is 3. The summed E-state index contributed by atoms with van der Waals surface area (Å²) < 4.78 is 46.7. The van der Waals surface area contributed by atoms with Crippen LogP contribution in [-0.2, 0) is 19.3 Å². The maximum atomic E-state index is 13.1. The minimum absolute atomic E-state index is 0.142. The Balaban J connectivity index is 1.46. The lowest BCUT2D eigenvalue weighted by molar-refractivity contribution is -0.137. The molecule has 0 aliphatic heterocycles. The number of halogens is 4. The van der Waals surface area contributed by atoms with Crippen molar-refractivity contribution in [2.45, 2.75) is 40.1 Å². The number of ether oxygens (including phenoxy) is 1. The van der Waals surface area contributed by atoms with Crippen molar-refractivity contribution in [1.82, 2.24) is 9.78 Å². The van der Waals surface area contributed by atoms with Crippen molar-refractivity contribution in [3.8, 4) is 5.75 Å². The third-order valence-electron chi connectivity index (χ3n) is 5.93. The SMILES string of the molecule is Cc1cc(Cl)ccc1OCc1cccc(C(=O)Nc2c(C)nn(Cc3cccc(C(F)(F)F)c3)c2C)c1. The summed E-state index contributed by atoms with van der Waals surface area (Å²) >= 11 is 6.00. The van der Waals surface area contributed by atoms with Crippen LogP contribution in [0.2, 0.25) is 5.02 Å². The summed E-state index contributed by atoms with van der Waals surface area (Å²) in [6.45, 7) is 5.83. The molecule has 1 heterocycles. The first-order chi connectivity index (χ1) is 17.5. The number of rotatable bonds is 7. The molecule has 0 unspecified atom stereocenters. The van der Waals surface area contributed by atoms with Gasteiger partial charge in [-0.1, -0.05) is 35.9 Å². The van der Waals surface area contributed by atoms with Crippen LogP contribution in [0.15, 0.2) is 66.7 Å². The second-order valence-electron chi connectivity index (χ2n) is 8.75. The lowest BCUT2D eigenvalue weighted by Gasteiger charge is -2.11. The first-order valence-corrected chi connectivity index (χ1v) is 11.9. The molecular formula is C28H25ClF3N3O2. The van der Waals surface area contributed by atoms with E-state index in [-0.39, 0.29) is 19.1 Å². The van der Waals surface area contributed by atoms with Gasteiger partial charge in [-0.05, 0) is 79.9 Å². The van der Waals surface area contributed by atoms with Crippen LogP contribution < -0.4 is 10.1 Å². The number of carbonyl (C=O) groups excluding carboxylic acids is 1. The van der Waals surface area contributed by atoms with Gasteiger partial charge < -0.3 is 10.1 Å². The molecule has 3 aromatic carbocycles. The van der Waals surface area contributed by atoms with Crippen molar-refractivity contribution in [3.63, 3.8) is 0 Å². The highest BCUT2D eigenvalue weighted by Crippen LogP contribution is 2.30. The Morgan fingerprint density at radius 3 is 2.46 bits per heavy atom. The largest absolute Gasteiger partial charge is 0.489 e. The molecule has 0 fully saturated rings. The molecule has 0 saturated heterocycles. The van der Waals surface area contributed by atoms with Gasteiger partial charge in [-0.3, -0.25) is 9.48 Å². The topological polar surface area (TPSA) is 56.1 Å². The van der Waals surface area contributed by atoms with Gasteiger partial charge in [-0.25, -0.2) is 0 Å². The summed E-state index contributed by atoms with van der Waals surface area (Å²) in [4.78, 5) is 13.0. The zero-order valence-corrected chi connectivity index (χ0v) is 21.2. The Bertz CT molecular complexity index is 1450. The molecule has 192 valence electrons. The van der Waals surface area contributed by atoms with Crippen molar-refractivity contribution in [2.75, 3.05) is 5.32 Å². The van der Waals surface area contributed by atoms with Crippen LogP contribution in [-0.4, -0.2) is 15.7 Å². The molecule has 1 N–H and O–H groups in total. The summed E-state index contributed by atoms with van der Waals surface area (Å²) in [5.74, 6) is 0.382. The molecule has 0 aliphatic carbocycles. The van der Waals surface area contributed by atoms with E-state index in [1.54, 1.807) is 54.9 Å². The summed E-state index contributed by atoms with van der Waals surface area (Å²) in [5.41, 5.74) is 3.65. The summed E-state index contributed by atoms with van der Waals surface area (Å²) in [6, 6.07) is 17.6. The van der Waals surface area contributed by atoms with E-state index >= 15 is 0 Å². The van der Waals surface area contributed by atoms with E-state index in [2.05, 4.69) is 10.4 Å². The van der Waals surface area contributed by atoms with Crippen LogP contribution in [0.5, 0.6) is 5.75 Å². The van der Waals surface area contributed by atoms with Crippen LogP contribution in [0, 0.1) is 20.8 Å². The Kier molecular flexibility index (Phi) is 7.59. The third kappa shape index (κ3) is 6.32. The lowest BCUT2D eigenvalue weighted by Crippen LogP contribution is -2.14. The molecule has 0 saturated carbocycles. The normalized spacial score (nSPS) is 11.4. The predicted octanol–water partition coefficient (Wildman–Crippen LogP) is 7.36. The molecule has 0 radical (unpaired) electrons. The van der Waals surface area contributed by atoms with Crippen molar-refractivity contribution in [2.24, 2.45) is 0 Å². The van der Waals surface area contributed by atoms with Gasteiger partial charge in [0.1, 0.15) is 12.4 Å². The Morgan fingerprint density at radius 2 is 1.73 bits per heavy atom. The highest BCUT2D eigenvalue weighted by Gasteiger charge is 2.30. The zero-order chi connectivity index (χ0) is 26.7. The molecular weight excluding hydrogens is 503 g/mol. The Morgan fingerprint density at radius 1 is 1.00 bits per heavy atom. The van der Waals surface area contributed by atoms with E-state index in [1.165, 1.54) is 6.07 Å². The standard InChI is InChI=1S/C28H25ClF3N3O2/c1-17-12-24(29)10-11-25(17)37-16-21-7-4-8-22(13-21)27(36)33-26-18(2)34-35(19(26)3)15-20-6-5-9-23(14-20)28(30,31)32/h4-14H,15-16H2,1-3H3,(H,33,36). The van der Waals surface area contributed by atoms with E-state index in [0.29, 0.717) is 39.0 Å². The summed E-state index contributed by atoms with van der Waals surface area (Å²) in [6.07, 6.45) is -4.42. The fourth-order valence-electron chi connectivity index (χ4n) is 3.97. The fraction of sp³-hybridized carbons (Fsp3) is 0.214. The van der Waals surface area contributed by atoms with E-state index < -0.39 is 11.7 Å². The molecule has 0 bridgehead atoms. The van der Waals surface area contributed by atoms with E-state index in [4.69, 9.17) is 16.3 Å². The number of hydrogen-bond donors (Lipinski definition) is 1. The monoisotopic (exact) mass is 527 g/mol. The van der Waals surface area contributed by atoms with Crippen molar-refractivity contribution in [1.29, 1.82) is 0 Å². The van der Waals surface area contributed by atoms with Crippen molar-refractivity contribution >= 4 is 23.2 Å². The van der Waals surface area contributed by atoms with Gasteiger partial charge in [-0.15, -0.1) is 0 Å². The maximum Gasteiger partial charge on any atom is 0.416 e. The van der Waals surface area contributed by atoms with E-state index in [1.807, 2.05) is 19.1 Å². The van der Waals surface area contributed by atoms with Crippen LogP contribution >= 0.6 is 11.6 Å². The zero-order valence-electron chi connectivity index (χ0n) is 20.5. The second-order valence-corrected chi connectivity index (χ2v) is 9.19. The van der Waals surface area contributed by atoms with Gasteiger partial charge in [0.25, 0.3) is 5.91 Å². The number of nitrogens with zero attached hydrogens (tertiary/aromatic N) is 2. The average Bonchev–Trinajstić information content (AvgIpc) is 3.10. The Hall–Kier alpha value is -3.78. The fourth-order valence-corrected chi connectivity index (χ4v) is 4.20. The smallest absolute Gasteiger partial charge is 0.416 e. The highest BCUT2D eigenvalue weighted by atomic mass is 35.5. The number of aromatic nitrogens is 2. The molecule has 0 atom stereocenters. The lowest BCUT2D eigenvalue weighted by atomic mass is 10.1. The van der Waals surface area contributed by atoms with Gasteiger partial charge in [0.15, 0.2) is 0 Å². The van der Waals surface area contributed by atoms with Gasteiger partial charge in [-0.2, -0.15) is 18.3 Å². The molecule has 37 heavy (non-hydrogen) atoms. The van der Waals surface area contributed by atoms with Gasteiger partial charge in [0.2, 0.25) is 0 Å². The Labute approximate surface area is 217 Å². The number of benzene rings is 3. The highest BCUT2D eigenvalue weighted by molar-refractivity contribution is 6.30. The first kappa shape index (κ1) is 26.3. The third-order valence-corrected chi connectivity index (χ3v) is 6.16. The van der Waals surface area contributed by atoms with Crippen molar-refractivity contribution < 1.29 is 22.7 Å². The molecule has 4 rings (SSSR count). The minimum atomic E-state index is -4.42. The van der Waals surface area contributed by atoms with Crippen LogP contribution in [0.25, 0.3) is 0 Å². The average molecular weight is 528 g/mol. The maximum absolute atomic E-state index is 13.1.